The van der Waals surface area contributed by atoms with Gasteiger partial charge in [-0.15, -0.1) is 0 Å². The fourth-order valence-corrected chi connectivity index (χ4v) is 0.992. The number of nitrogens with one attached hydrogen (secondary N) is 2. The van der Waals surface area contributed by atoms with Crippen LogP contribution in [0.2, 0.25) is 0 Å². The van der Waals surface area contributed by atoms with E-state index in [1.54, 1.807) is 19.5 Å². The summed E-state index contributed by atoms with van der Waals surface area (Å²) in [6.45, 7) is 0.506. The van der Waals surface area contributed by atoms with Gasteiger partial charge in [0, 0.05) is 0 Å². The van der Waals surface area contributed by atoms with Crippen LogP contribution < -0.4 is 10.1 Å². The summed E-state index contributed by atoms with van der Waals surface area (Å²) in [5, 5.41) is 9.44. The smallest absolute Gasteiger partial charge is 0.223 e. The highest BCUT2D eigenvalue weighted by Crippen LogP contribution is 2.07. The Morgan fingerprint density at radius 3 is 2.73 bits per heavy atom. The molecule has 7 heteroatoms. The molecule has 0 spiro atoms. The van der Waals surface area contributed by atoms with Crippen molar-refractivity contribution in [3.8, 4) is 5.75 Å². The van der Waals surface area contributed by atoms with E-state index in [2.05, 4.69) is 30.5 Å². The quantitative estimate of drug-likeness (QED) is 0.743. The Balaban J connectivity index is 1.93. The topological polar surface area (TPSA) is 88.6 Å². The Labute approximate surface area is 85.9 Å². The maximum atomic E-state index is 4.94. The average Bonchev–Trinajstić information content (AvgIpc) is 2.80. The van der Waals surface area contributed by atoms with Crippen molar-refractivity contribution < 1.29 is 4.74 Å². The Bertz CT molecular complexity index is 398. The van der Waals surface area contributed by atoms with Gasteiger partial charge in [-0.2, -0.15) is 5.10 Å². The van der Waals surface area contributed by atoms with E-state index >= 15 is 0 Å². The molecule has 0 aliphatic carbocycles. The van der Waals surface area contributed by atoms with Gasteiger partial charge in [0.05, 0.1) is 26.0 Å². The molecular weight excluding hydrogens is 196 g/mol. The first-order chi connectivity index (χ1) is 7.38. The van der Waals surface area contributed by atoms with Crippen LogP contribution in [0.3, 0.4) is 0 Å². The van der Waals surface area contributed by atoms with Crippen molar-refractivity contribution in [2.24, 2.45) is 0 Å². The van der Waals surface area contributed by atoms with Gasteiger partial charge in [0.1, 0.15) is 12.2 Å². The Morgan fingerprint density at radius 1 is 1.33 bits per heavy atom. The van der Waals surface area contributed by atoms with Crippen LogP contribution >= 0.6 is 0 Å². The van der Waals surface area contributed by atoms with E-state index < -0.39 is 0 Å². The lowest BCUT2D eigenvalue weighted by atomic mass is 10.6. The largest absolute Gasteiger partial charge is 0.494 e. The van der Waals surface area contributed by atoms with E-state index in [0.29, 0.717) is 18.2 Å². The summed E-state index contributed by atoms with van der Waals surface area (Å²) in [4.78, 5) is 12.0. The maximum absolute atomic E-state index is 4.94. The molecule has 0 unspecified atom stereocenters. The number of hydrogen-bond acceptors (Lipinski definition) is 6. The number of methoxy groups -OCH3 is 1. The van der Waals surface area contributed by atoms with E-state index in [-0.39, 0.29) is 0 Å². The highest BCUT2D eigenvalue weighted by Gasteiger charge is 1.98. The van der Waals surface area contributed by atoms with Crippen LogP contribution in [0.1, 0.15) is 5.82 Å². The number of nitrogens with zero attached hydrogens (tertiary/aromatic N) is 4. The molecule has 2 heterocycles. The molecule has 2 N–H and O–H groups in total. The predicted molar refractivity (Wildman–Crippen MR) is 52.3 cm³/mol. The van der Waals surface area contributed by atoms with Crippen LogP contribution in [0.4, 0.5) is 5.95 Å². The minimum absolute atomic E-state index is 0.506. The van der Waals surface area contributed by atoms with Crippen molar-refractivity contribution in [3.63, 3.8) is 0 Å². The van der Waals surface area contributed by atoms with E-state index in [1.807, 2.05) is 0 Å². The van der Waals surface area contributed by atoms with Crippen molar-refractivity contribution in [2.75, 3.05) is 12.4 Å². The van der Waals surface area contributed by atoms with Gasteiger partial charge in [-0.1, -0.05) is 0 Å². The fourth-order valence-electron chi connectivity index (χ4n) is 0.992. The molecule has 7 nitrogen and oxygen atoms in total. The van der Waals surface area contributed by atoms with Crippen LogP contribution in [0.5, 0.6) is 5.75 Å². The van der Waals surface area contributed by atoms with Gasteiger partial charge < -0.3 is 10.1 Å². The van der Waals surface area contributed by atoms with E-state index in [1.165, 1.54) is 6.33 Å². The zero-order chi connectivity index (χ0) is 10.5. The molecule has 0 saturated carbocycles. The Kier molecular flexibility index (Phi) is 2.72. The molecule has 0 amide bonds. The SMILES string of the molecule is COc1cnc(NCc2ncn[nH]2)nc1. The van der Waals surface area contributed by atoms with E-state index in [4.69, 9.17) is 4.74 Å². The molecule has 0 radical (unpaired) electrons. The lowest BCUT2D eigenvalue weighted by Crippen LogP contribution is -2.04. The van der Waals surface area contributed by atoms with Crippen molar-refractivity contribution in [2.45, 2.75) is 6.54 Å². The van der Waals surface area contributed by atoms with Gasteiger partial charge in [-0.25, -0.2) is 15.0 Å². The zero-order valence-corrected chi connectivity index (χ0v) is 8.14. The third-order valence-corrected chi connectivity index (χ3v) is 1.74. The first-order valence-corrected chi connectivity index (χ1v) is 4.32. The van der Waals surface area contributed by atoms with Gasteiger partial charge in [0.2, 0.25) is 5.95 Å². The lowest BCUT2D eigenvalue weighted by Gasteiger charge is -2.02. The summed E-state index contributed by atoms with van der Waals surface area (Å²) < 4.78 is 4.94. The molecule has 0 atom stereocenters. The number of rotatable bonds is 4. The Morgan fingerprint density at radius 2 is 2.13 bits per heavy atom. The minimum atomic E-state index is 0.506. The highest BCUT2D eigenvalue weighted by atomic mass is 16.5. The van der Waals surface area contributed by atoms with E-state index in [9.17, 15) is 0 Å². The monoisotopic (exact) mass is 206 g/mol. The second-order valence-corrected chi connectivity index (χ2v) is 2.73. The molecular formula is C8H10N6O. The van der Waals surface area contributed by atoms with Crippen LogP contribution in [0.25, 0.3) is 0 Å². The van der Waals surface area contributed by atoms with Crippen molar-refractivity contribution in [1.82, 2.24) is 25.1 Å². The third-order valence-electron chi connectivity index (χ3n) is 1.74. The van der Waals surface area contributed by atoms with Crippen LogP contribution in [0, 0.1) is 0 Å². The van der Waals surface area contributed by atoms with Gasteiger partial charge in [0.25, 0.3) is 0 Å². The molecule has 2 aromatic rings. The second-order valence-electron chi connectivity index (χ2n) is 2.73. The number of anilines is 1. The molecule has 0 aliphatic rings. The molecule has 0 fully saturated rings. The zero-order valence-electron chi connectivity index (χ0n) is 8.14. The summed E-state index contributed by atoms with van der Waals surface area (Å²) in [6.07, 6.45) is 4.64. The van der Waals surface area contributed by atoms with Crippen LogP contribution in [-0.4, -0.2) is 32.3 Å². The van der Waals surface area contributed by atoms with Gasteiger partial charge >= 0.3 is 0 Å². The standard InChI is InChI=1S/C8H10N6O/c1-15-6-2-9-8(10-3-6)11-4-7-12-5-13-14-7/h2-3,5H,4H2,1H3,(H,9,10,11)(H,12,13,14). The second kappa shape index (κ2) is 4.36. The molecule has 15 heavy (non-hydrogen) atoms. The molecule has 2 aromatic heterocycles. The third kappa shape index (κ3) is 2.39. The molecule has 78 valence electrons. The summed E-state index contributed by atoms with van der Waals surface area (Å²) >= 11 is 0. The first-order valence-electron chi connectivity index (χ1n) is 4.32. The summed E-state index contributed by atoms with van der Waals surface area (Å²) in [5.41, 5.74) is 0. The summed E-state index contributed by atoms with van der Waals surface area (Å²) in [7, 11) is 1.57. The van der Waals surface area contributed by atoms with Gasteiger partial charge in [-0.3, -0.25) is 5.10 Å². The number of hydrogen-bond donors (Lipinski definition) is 2. The molecule has 0 saturated heterocycles. The van der Waals surface area contributed by atoms with Crippen LogP contribution in [-0.2, 0) is 6.54 Å². The molecule has 0 aromatic carbocycles. The van der Waals surface area contributed by atoms with Crippen molar-refractivity contribution in [3.05, 3.63) is 24.5 Å². The first kappa shape index (κ1) is 9.38. The average molecular weight is 206 g/mol. The van der Waals surface area contributed by atoms with Crippen molar-refractivity contribution in [1.29, 1.82) is 0 Å². The maximum Gasteiger partial charge on any atom is 0.223 e. The van der Waals surface area contributed by atoms with Gasteiger partial charge in [0.15, 0.2) is 5.75 Å². The predicted octanol–water partition coefficient (Wildman–Crippen LogP) is 0.215. The summed E-state index contributed by atoms with van der Waals surface area (Å²) in [5.74, 6) is 1.88. The van der Waals surface area contributed by atoms with E-state index in [0.717, 1.165) is 5.82 Å². The highest BCUT2D eigenvalue weighted by molar-refractivity contribution is 5.27. The number of aromatic amines is 1. The van der Waals surface area contributed by atoms with Gasteiger partial charge in [-0.05, 0) is 0 Å². The molecule has 0 aliphatic heterocycles. The number of H-pyrrole nitrogens is 1. The molecule has 2 rings (SSSR count). The number of ether oxygens (including phenoxy) is 1. The fraction of sp³-hybridized carbons (Fsp3) is 0.250. The number of aromatic nitrogens is 5. The van der Waals surface area contributed by atoms with Crippen molar-refractivity contribution >= 4 is 5.95 Å². The molecule has 0 bridgehead atoms. The van der Waals surface area contributed by atoms with Crippen LogP contribution in [0.15, 0.2) is 18.7 Å². The lowest BCUT2D eigenvalue weighted by molar-refractivity contribution is 0.411. The Hall–Kier alpha value is -2.18. The summed E-state index contributed by atoms with van der Waals surface area (Å²) in [6, 6.07) is 0. The minimum Gasteiger partial charge on any atom is -0.494 e. The normalized spacial score (nSPS) is 9.93.